The summed E-state index contributed by atoms with van der Waals surface area (Å²) in [5, 5.41) is 0. The smallest absolute Gasteiger partial charge is 0.274 e. The molecule has 0 bridgehead atoms. The van der Waals surface area contributed by atoms with Crippen LogP contribution in [0.4, 0.5) is 4.39 Å². The van der Waals surface area contributed by atoms with Crippen LogP contribution in [0, 0.1) is 5.82 Å². The summed E-state index contributed by atoms with van der Waals surface area (Å²) in [4.78, 5) is 11.3. The first-order valence-corrected chi connectivity index (χ1v) is 6.61. The fourth-order valence-corrected chi connectivity index (χ4v) is 1.57. The second kappa shape index (κ2) is 5.13. The summed E-state index contributed by atoms with van der Waals surface area (Å²) in [5.74, 6) is -0.926. The molecular weight excluding hydrogens is 249 g/mol. The second-order valence-corrected chi connectivity index (χ2v) is 5.20. The molecule has 1 aromatic carbocycles. The SMILES string of the molecule is C[C@@H](Oc1ccc(F)cc1)C(=O)NS(C)(=O)=O. The Bertz CT molecular complexity index is 498. The lowest BCUT2D eigenvalue weighted by Gasteiger charge is -2.13. The molecule has 0 aliphatic rings. The third-order valence-electron chi connectivity index (χ3n) is 1.78. The van der Waals surface area contributed by atoms with E-state index in [1.54, 1.807) is 4.72 Å². The summed E-state index contributed by atoms with van der Waals surface area (Å²) in [5.41, 5.74) is 0. The number of ether oxygens (including phenoxy) is 1. The van der Waals surface area contributed by atoms with Crippen molar-refractivity contribution in [1.82, 2.24) is 4.72 Å². The second-order valence-electron chi connectivity index (χ2n) is 3.45. The van der Waals surface area contributed by atoms with E-state index in [-0.39, 0.29) is 5.75 Å². The maximum Gasteiger partial charge on any atom is 0.274 e. The lowest BCUT2D eigenvalue weighted by molar-refractivity contribution is -0.125. The molecular formula is C10H12FNO4S. The molecule has 1 atom stereocenters. The molecule has 0 saturated carbocycles. The van der Waals surface area contributed by atoms with Crippen LogP contribution in [0.1, 0.15) is 6.92 Å². The maximum absolute atomic E-state index is 12.6. The van der Waals surface area contributed by atoms with Crippen LogP contribution in [0.3, 0.4) is 0 Å². The molecule has 0 unspecified atom stereocenters. The van der Waals surface area contributed by atoms with Gasteiger partial charge in [0.15, 0.2) is 6.10 Å². The van der Waals surface area contributed by atoms with Gasteiger partial charge in [0.25, 0.3) is 5.91 Å². The Kier molecular flexibility index (Phi) is 4.06. The van der Waals surface area contributed by atoms with Crippen molar-refractivity contribution in [2.24, 2.45) is 0 Å². The zero-order valence-electron chi connectivity index (χ0n) is 9.31. The average Bonchev–Trinajstić information content (AvgIpc) is 2.19. The molecule has 0 fully saturated rings. The Morgan fingerprint density at radius 3 is 2.35 bits per heavy atom. The molecule has 0 spiro atoms. The lowest BCUT2D eigenvalue weighted by atomic mass is 10.3. The Labute approximate surface area is 98.6 Å². The summed E-state index contributed by atoms with van der Waals surface area (Å²) >= 11 is 0. The van der Waals surface area contributed by atoms with Crippen LogP contribution in [0.2, 0.25) is 0 Å². The van der Waals surface area contributed by atoms with E-state index >= 15 is 0 Å². The van der Waals surface area contributed by atoms with Crippen molar-refractivity contribution >= 4 is 15.9 Å². The fraction of sp³-hybridized carbons (Fsp3) is 0.300. The largest absolute Gasteiger partial charge is 0.481 e. The zero-order chi connectivity index (χ0) is 13.1. The fourth-order valence-electron chi connectivity index (χ4n) is 1.04. The molecule has 5 nitrogen and oxygen atoms in total. The summed E-state index contributed by atoms with van der Waals surface area (Å²) in [6.07, 6.45) is -0.120. The minimum absolute atomic E-state index is 0.280. The number of carbonyl (C=O) groups is 1. The Hall–Kier alpha value is -1.63. The molecule has 0 aromatic heterocycles. The number of benzene rings is 1. The molecule has 1 N–H and O–H groups in total. The van der Waals surface area contributed by atoms with E-state index in [0.29, 0.717) is 0 Å². The number of halogens is 1. The predicted molar refractivity (Wildman–Crippen MR) is 59.5 cm³/mol. The molecule has 0 heterocycles. The normalized spacial score (nSPS) is 12.9. The van der Waals surface area contributed by atoms with E-state index in [2.05, 4.69) is 0 Å². The van der Waals surface area contributed by atoms with Crippen molar-refractivity contribution in [3.63, 3.8) is 0 Å². The van der Waals surface area contributed by atoms with Gasteiger partial charge in [0.2, 0.25) is 10.0 Å². The van der Waals surface area contributed by atoms with Crippen molar-refractivity contribution in [2.75, 3.05) is 6.26 Å². The molecule has 1 aromatic rings. The van der Waals surface area contributed by atoms with Gasteiger partial charge in [-0.05, 0) is 31.2 Å². The summed E-state index contributed by atoms with van der Waals surface area (Å²) in [6, 6.07) is 5.05. The topological polar surface area (TPSA) is 72.5 Å². The van der Waals surface area contributed by atoms with Crippen molar-refractivity contribution < 1.29 is 22.3 Å². The van der Waals surface area contributed by atoms with E-state index in [0.717, 1.165) is 6.26 Å². The van der Waals surface area contributed by atoms with Crippen LogP contribution in [0.5, 0.6) is 5.75 Å². The Morgan fingerprint density at radius 1 is 1.35 bits per heavy atom. The Balaban J connectivity index is 2.63. The summed E-state index contributed by atoms with van der Waals surface area (Å²) < 4.78 is 41.1. The molecule has 0 aliphatic carbocycles. The molecule has 7 heteroatoms. The first kappa shape index (κ1) is 13.4. The highest BCUT2D eigenvalue weighted by atomic mass is 32.2. The van der Waals surface area contributed by atoms with Crippen molar-refractivity contribution in [3.8, 4) is 5.75 Å². The Morgan fingerprint density at radius 2 is 1.88 bits per heavy atom. The summed E-state index contributed by atoms with van der Waals surface area (Å²) in [7, 11) is -3.61. The molecule has 0 aliphatic heterocycles. The van der Waals surface area contributed by atoms with Gasteiger partial charge in [-0.3, -0.25) is 9.52 Å². The highest BCUT2D eigenvalue weighted by molar-refractivity contribution is 7.89. The van der Waals surface area contributed by atoms with Crippen molar-refractivity contribution in [3.05, 3.63) is 30.1 Å². The van der Waals surface area contributed by atoms with Crippen molar-refractivity contribution in [2.45, 2.75) is 13.0 Å². The lowest BCUT2D eigenvalue weighted by Crippen LogP contribution is -2.39. The number of carbonyl (C=O) groups excluding carboxylic acids is 1. The van der Waals surface area contributed by atoms with Gasteiger partial charge >= 0.3 is 0 Å². The van der Waals surface area contributed by atoms with E-state index in [1.807, 2.05) is 0 Å². The standard InChI is InChI=1S/C10H12FNO4S/c1-7(10(13)12-17(2,14)15)16-9-5-3-8(11)4-6-9/h3-7H,1-2H3,(H,12,13)/t7-/m1/s1. The van der Waals surface area contributed by atoms with E-state index in [1.165, 1.54) is 31.2 Å². The molecule has 1 amide bonds. The molecule has 0 saturated heterocycles. The van der Waals surface area contributed by atoms with Crippen LogP contribution in [0.25, 0.3) is 0 Å². The number of rotatable bonds is 4. The summed E-state index contributed by atoms with van der Waals surface area (Å²) in [6.45, 7) is 1.39. The van der Waals surface area contributed by atoms with Crippen LogP contribution in [-0.4, -0.2) is 26.7 Å². The van der Waals surface area contributed by atoms with Gasteiger partial charge in [-0.1, -0.05) is 0 Å². The number of sulfonamides is 1. The molecule has 1 rings (SSSR count). The van der Waals surface area contributed by atoms with Crippen LogP contribution in [0.15, 0.2) is 24.3 Å². The minimum Gasteiger partial charge on any atom is -0.481 e. The van der Waals surface area contributed by atoms with Crippen molar-refractivity contribution in [1.29, 1.82) is 0 Å². The minimum atomic E-state index is -3.61. The zero-order valence-corrected chi connectivity index (χ0v) is 10.1. The monoisotopic (exact) mass is 261 g/mol. The highest BCUT2D eigenvalue weighted by Crippen LogP contribution is 2.12. The average molecular weight is 261 g/mol. The van der Waals surface area contributed by atoms with Gasteiger partial charge < -0.3 is 4.74 Å². The number of nitrogens with one attached hydrogen (secondary N) is 1. The highest BCUT2D eigenvalue weighted by Gasteiger charge is 2.18. The molecule has 0 radical (unpaired) electrons. The van der Waals surface area contributed by atoms with Gasteiger partial charge in [-0.15, -0.1) is 0 Å². The number of hydrogen-bond acceptors (Lipinski definition) is 4. The molecule has 94 valence electrons. The van der Waals surface area contributed by atoms with Gasteiger partial charge in [-0.25, -0.2) is 12.8 Å². The quantitative estimate of drug-likeness (QED) is 0.864. The number of hydrogen-bond donors (Lipinski definition) is 1. The van der Waals surface area contributed by atoms with Gasteiger partial charge in [0, 0.05) is 0 Å². The third kappa shape index (κ3) is 4.81. The van der Waals surface area contributed by atoms with Crippen LogP contribution >= 0.6 is 0 Å². The van der Waals surface area contributed by atoms with Gasteiger partial charge in [0.05, 0.1) is 6.26 Å². The first-order valence-electron chi connectivity index (χ1n) is 4.72. The number of amides is 1. The molecule has 17 heavy (non-hydrogen) atoms. The van der Waals surface area contributed by atoms with E-state index in [4.69, 9.17) is 4.74 Å². The van der Waals surface area contributed by atoms with Gasteiger partial charge in [0.1, 0.15) is 11.6 Å². The van der Waals surface area contributed by atoms with Crippen LogP contribution in [-0.2, 0) is 14.8 Å². The van der Waals surface area contributed by atoms with E-state index in [9.17, 15) is 17.6 Å². The third-order valence-corrected chi connectivity index (χ3v) is 2.35. The van der Waals surface area contributed by atoms with E-state index < -0.39 is 27.9 Å². The first-order chi connectivity index (χ1) is 7.78. The van der Waals surface area contributed by atoms with Crippen LogP contribution < -0.4 is 9.46 Å². The van der Waals surface area contributed by atoms with Gasteiger partial charge in [-0.2, -0.15) is 0 Å². The maximum atomic E-state index is 12.6. The predicted octanol–water partition coefficient (Wildman–Crippen LogP) is 0.669.